The molecular formula is C50H49NO12. The fourth-order valence-corrected chi connectivity index (χ4v) is 5.94. The topological polar surface area (TPSA) is 162 Å². The molecule has 13 heteroatoms. The third-order valence-corrected chi connectivity index (χ3v) is 9.32. The third kappa shape index (κ3) is 15.8. The zero-order chi connectivity index (χ0) is 44.7. The number of carbonyl (C=O) groups excluding carboxylic acids is 5. The molecule has 0 unspecified atom stereocenters. The first-order valence-electron chi connectivity index (χ1n) is 20.6. The summed E-state index contributed by atoms with van der Waals surface area (Å²) >= 11 is 0. The zero-order valence-electron chi connectivity index (χ0n) is 34.9. The first kappa shape index (κ1) is 46.5. The molecule has 0 aromatic heterocycles. The molecule has 0 heterocycles. The monoisotopic (exact) mass is 855 g/mol. The lowest BCUT2D eigenvalue weighted by Crippen LogP contribution is -2.11. The number of benzene rings is 5. The number of unbranched alkanes of at least 4 members (excludes halogenated alkanes) is 6. The van der Waals surface area contributed by atoms with Gasteiger partial charge in [-0.1, -0.05) is 48.6 Å². The Balaban J connectivity index is 1.18. The van der Waals surface area contributed by atoms with Gasteiger partial charge in [0.05, 0.1) is 49.3 Å². The predicted octanol–water partition coefficient (Wildman–Crippen LogP) is 9.81. The van der Waals surface area contributed by atoms with Gasteiger partial charge in [-0.15, -0.1) is 0 Å². The SMILES string of the molecule is C=CC(=O)OCCCCCCOc1ccc(C(=O)Oc2ccc(OC(=O)c3ccc(OCCCCCCOC(=O)C=C)cc3)c(/C=N/OC(=O)c3ccc4ccccc4c3)c2)cc1. The molecule has 13 nitrogen and oxygen atoms in total. The lowest BCUT2D eigenvalue weighted by atomic mass is 10.1. The van der Waals surface area contributed by atoms with Gasteiger partial charge in [-0.2, -0.15) is 0 Å². The number of hydrogen-bond acceptors (Lipinski definition) is 13. The summed E-state index contributed by atoms with van der Waals surface area (Å²) in [6.45, 7) is 8.41. The van der Waals surface area contributed by atoms with E-state index in [4.69, 9.17) is 33.3 Å². The van der Waals surface area contributed by atoms with Crippen molar-refractivity contribution in [3.63, 3.8) is 0 Å². The molecule has 0 spiro atoms. The lowest BCUT2D eigenvalue weighted by molar-refractivity contribution is -0.138. The van der Waals surface area contributed by atoms with Crippen molar-refractivity contribution in [1.29, 1.82) is 0 Å². The van der Waals surface area contributed by atoms with Crippen LogP contribution in [0.25, 0.3) is 10.8 Å². The minimum absolute atomic E-state index is 0.0579. The first-order chi connectivity index (χ1) is 30.7. The van der Waals surface area contributed by atoms with E-state index in [9.17, 15) is 24.0 Å². The van der Waals surface area contributed by atoms with Gasteiger partial charge >= 0.3 is 29.8 Å². The van der Waals surface area contributed by atoms with Crippen LogP contribution in [0, 0.1) is 0 Å². The van der Waals surface area contributed by atoms with Crippen molar-refractivity contribution in [2.45, 2.75) is 51.4 Å². The molecule has 0 aliphatic heterocycles. The van der Waals surface area contributed by atoms with E-state index in [0.717, 1.165) is 74.3 Å². The largest absolute Gasteiger partial charge is 0.494 e. The third-order valence-electron chi connectivity index (χ3n) is 9.32. The maximum Gasteiger partial charge on any atom is 0.365 e. The van der Waals surface area contributed by atoms with E-state index in [1.165, 1.54) is 24.4 Å². The molecule has 5 aromatic carbocycles. The minimum atomic E-state index is -0.705. The number of rotatable bonds is 25. The maximum absolute atomic E-state index is 13.3. The van der Waals surface area contributed by atoms with E-state index in [0.29, 0.717) is 37.9 Å². The second kappa shape index (κ2) is 25.3. The fourth-order valence-electron chi connectivity index (χ4n) is 5.94. The minimum Gasteiger partial charge on any atom is -0.494 e. The van der Waals surface area contributed by atoms with E-state index < -0.39 is 29.8 Å². The molecule has 0 saturated heterocycles. The van der Waals surface area contributed by atoms with Gasteiger partial charge in [-0.25, -0.2) is 24.0 Å². The number of ether oxygens (including phenoxy) is 6. The molecule has 5 aromatic rings. The standard InChI is InChI=1S/C50H49NO12/c1-3-46(52)59-31-13-7-5-11-29-57-42-23-19-37(20-24-42)48(54)61-44-27-28-45(41(34-44)35-51-63-50(56)40-18-17-36-15-9-10-16-39(36)33-40)62-49(55)38-21-25-43(26-22-38)58-30-12-6-8-14-32-60-47(53)4-2/h3-4,9-10,15-28,33-35H,1-2,5-8,11-14,29-32H2/b51-35+. The summed E-state index contributed by atoms with van der Waals surface area (Å²) in [6, 6.07) is 30.0. The van der Waals surface area contributed by atoms with E-state index in [1.54, 1.807) is 66.7 Å². The number of hydrogen-bond donors (Lipinski definition) is 0. The molecule has 0 fully saturated rings. The Hall–Kier alpha value is -7.54. The van der Waals surface area contributed by atoms with E-state index in [2.05, 4.69) is 18.3 Å². The average Bonchev–Trinajstić information content (AvgIpc) is 3.31. The van der Waals surface area contributed by atoms with Crippen LogP contribution < -0.4 is 18.9 Å². The Morgan fingerprint density at radius 1 is 0.476 bits per heavy atom. The van der Waals surface area contributed by atoms with Gasteiger partial charge in [0.25, 0.3) is 0 Å². The highest BCUT2D eigenvalue weighted by atomic mass is 16.7. The molecule has 63 heavy (non-hydrogen) atoms. The number of nitrogens with zero attached hydrogens (tertiary/aromatic N) is 1. The summed E-state index contributed by atoms with van der Waals surface area (Å²) in [4.78, 5) is 66.8. The van der Waals surface area contributed by atoms with Gasteiger partial charge in [0.2, 0.25) is 0 Å². The maximum atomic E-state index is 13.3. The molecule has 326 valence electrons. The van der Waals surface area contributed by atoms with E-state index in [-0.39, 0.29) is 33.8 Å². The molecule has 0 radical (unpaired) electrons. The Kier molecular flexibility index (Phi) is 18.7. The lowest BCUT2D eigenvalue weighted by Gasteiger charge is -2.11. The van der Waals surface area contributed by atoms with Crippen LogP contribution in [0.15, 0.2) is 140 Å². The van der Waals surface area contributed by atoms with Crippen molar-refractivity contribution >= 4 is 46.8 Å². The second-order valence-corrected chi connectivity index (χ2v) is 14.0. The first-order valence-corrected chi connectivity index (χ1v) is 20.6. The summed E-state index contributed by atoms with van der Waals surface area (Å²) in [5.41, 5.74) is 0.977. The molecule has 0 aliphatic carbocycles. The van der Waals surface area contributed by atoms with Gasteiger partial charge in [-0.3, -0.25) is 0 Å². The number of carbonyl (C=O) groups is 5. The molecule has 0 N–H and O–H groups in total. The van der Waals surface area contributed by atoms with Crippen molar-refractivity contribution < 1.29 is 57.2 Å². The molecule has 0 saturated carbocycles. The van der Waals surface area contributed by atoms with E-state index >= 15 is 0 Å². The molecule has 0 amide bonds. The summed E-state index contributed by atoms with van der Waals surface area (Å²) in [5, 5.41) is 5.70. The van der Waals surface area contributed by atoms with Crippen LogP contribution in [-0.4, -0.2) is 62.5 Å². The van der Waals surface area contributed by atoms with Gasteiger partial charge in [-0.05, 0) is 141 Å². The Morgan fingerprint density at radius 2 is 0.968 bits per heavy atom. The number of oxime groups is 1. The van der Waals surface area contributed by atoms with Crippen LogP contribution in [-0.2, 0) is 23.9 Å². The summed E-state index contributed by atoms with van der Waals surface area (Å²) in [7, 11) is 0. The van der Waals surface area contributed by atoms with Crippen LogP contribution in [0.1, 0.15) is 88.0 Å². The van der Waals surface area contributed by atoms with Crippen LogP contribution in [0.5, 0.6) is 23.0 Å². The molecule has 0 atom stereocenters. The normalized spacial score (nSPS) is 10.7. The van der Waals surface area contributed by atoms with Gasteiger partial charge in [0.15, 0.2) is 0 Å². The Bertz CT molecular complexity index is 2370. The van der Waals surface area contributed by atoms with Crippen LogP contribution in [0.3, 0.4) is 0 Å². The van der Waals surface area contributed by atoms with Crippen LogP contribution in [0.2, 0.25) is 0 Å². The fraction of sp³-hybridized carbons (Fsp3) is 0.240. The number of fused-ring (bicyclic) bond motifs is 1. The highest BCUT2D eigenvalue weighted by Gasteiger charge is 2.16. The summed E-state index contributed by atoms with van der Waals surface area (Å²) in [6.07, 6.45) is 10.2. The van der Waals surface area contributed by atoms with Gasteiger partial charge in [0.1, 0.15) is 23.0 Å². The van der Waals surface area contributed by atoms with Crippen molar-refractivity contribution in [3.8, 4) is 23.0 Å². The smallest absolute Gasteiger partial charge is 0.365 e. The molecule has 0 aliphatic rings. The number of esters is 4. The molecular weight excluding hydrogens is 807 g/mol. The molecule has 0 bridgehead atoms. The highest BCUT2D eigenvalue weighted by Crippen LogP contribution is 2.26. The van der Waals surface area contributed by atoms with Gasteiger partial charge < -0.3 is 33.3 Å². The Morgan fingerprint density at radius 3 is 1.52 bits per heavy atom. The van der Waals surface area contributed by atoms with Crippen LogP contribution in [0.4, 0.5) is 0 Å². The van der Waals surface area contributed by atoms with Crippen molar-refractivity contribution in [1.82, 2.24) is 0 Å². The average molecular weight is 856 g/mol. The quantitative estimate of drug-likeness (QED) is 0.0104. The van der Waals surface area contributed by atoms with E-state index in [1.807, 2.05) is 24.3 Å². The summed E-state index contributed by atoms with van der Waals surface area (Å²) in [5.74, 6) is -1.56. The predicted molar refractivity (Wildman–Crippen MR) is 236 cm³/mol. The highest BCUT2D eigenvalue weighted by molar-refractivity contribution is 5.97. The summed E-state index contributed by atoms with van der Waals surface area (Å²) < 4.78 is 33.0. The second-order valence-electron chi connectivity index (χ2n) is 14.0. The van der Waals surface area contributed by atoms with Crippen molar-refractivity contribution in [3.05, 3.63) is 157 Å². The van der Waals surface area contributed by atoms with Gasteiger partial charge in [0, 0.05) is 17.7 Å². The molecule has 5 rings (SSSR count). The van der Waals surface area contributed by atoms with Crippen molar-refractivity contribution in [2.75, 3.05) is 26.4 Å². The Labute approximate surface area is 365 Å². The van der Waals surface area contributed by atoms with Crippen molar-refractivity contribution in [2.24, 2.45) is 5.16 Å². The zero-order valence-corrected chi connectivity index (χ0v) is 34.9. The van der Waals surface area contributed by atoms with Crippen LogP contribution >= 0.6 is 0 Å².